The van der Waals surface area contributed by atoms with Gasteiger partial charge < -0.3 is 9.73 Å². The number of furan rings is 1. The largest absolute Gasteiger partial charge is 0.467 e. The Hall–Kier alpha value is -4.00. The van der Waals surface area contributed by atoms with E-state index in [0.29, 0.717) is 17.0 Å². The summed E-state index contributed by atoms with van der Waals surface area (Å²) in [6.45, 7) is 1.44. The molecular formula is C22H16N2O5. The van der Waals surface area contributed by atoms with Crippen LogP contribution in [0.3, 0.4) is 0 Å². The van der Waals surface area contributed by atoms with Crippen LogP contribution in [0.25, 0.3) is 0 Å². The third-order valence-electron chi connectivity index (χ3n) is 4.68. The Morgan fingerprint density at radius 3 is 2.45 bits per heavy atom. The van der Waals surface area contributed by atoms with E-state index in [-0.39, 0.29) is 29.0 Å². The molecule has 144 valence electrons. The Morgan fingerprint density at radius 1 is 0.966 bits per heavy atom. The summed E-state index contributed by atoms with van der Waals surface area (Å²) >= 11 is 0. The molecule has 3 aromatic rings. The number of Topliss-reactive ketones (excluding diaryl/α,β-unsaturated/α-hetero) is 1. The number of anilines is 1. The Bertz CT molecular complexity index is 1150. The fourth-order valence-corrected chi connectivity index (χ4v) is 3.23. The van der Waals surface area contributed by atoms with Crippen molar-refractivity contribution in [3.8, 4) is 0 Å². The van der Waals surface area contributed by atoms with Crippen LogP contribution in [0.2, 0.25) is 0 Å². The molecule has 0 atom stereocenters. The van der Waals surface area contributed by atoms with Gasteiger partial charge in [0.05, 0.1) is 29.6 Å². The molecule has 0 radical (unpaired) electrons. The summed E-state index contributed by atoms with van der Waals surface area (Å²) in [5.74, 6) is -1.09. The summed E-state index contributed by atoms with van der Waals surface area (Å²) in [6.07, 6.45) is 1.47. The quantitative estimate of drug-likeness (QED) is 0.533. The van der Waals surface area contributed by atoms with Crippen LogP contribution in [0.4, 0.5) is 5.69 Å². The fraction of sp³-hybridized carbons (Fsp3) is 0.0909. The van der Waals surface area contributed by atoms with Crippen LogP contribution in [0.15, 0.2) is 65.3 Å². The van der Waals surface area contributed by atoms with E-state index in [1.165, 1.54) is 31.4 Å². The van der Waals surface area contributed by atoms with Crippen molar-refractivity contribution in [1.82, 2.24) is 4.90 Å². The van der Waals surface area contributed by atoms with Crippen molar-refractivity contribution < 1.29 is 23.6 Å². The number of carbonyl (C=O) groups excluding carboxylic acids is 4. The highest BCUT2D eigenvalue weighted by molar-refractivity contribution is 6.22. The number of rotatable bonds is 5. The first-order valence-corrected chi connectivity index (χ1v) is 8.89. The van der Waals surface area contributed by atoms with Gasteiger partial charge in [0.1, 0.15) is 5.76 Å². The third-order valence-corrected chi connectivity index (χ3v) is 4.68. The number of para-hydroxylation sites is 1. The average molecular weight is 388 g/mol. The fourth-order valence-electron chi connectivity index (χ4n) is 3.23. The third kappa shape index (κ3) is 3.34. The van der Waals surface area contributed by atoms with E-state index in [4.69, 9.17) is 4.42 Å². The van der Waals surface area contributed by atoms with E-state index >= 15 is 0 Å². The first-order valence-electron chi connectivity index (χ1n) is 8.89. The second kappa shape index (κ2) is 7.20. The first kappa shape index (κ1) is 18.4. The molecule has 29 heavy (non-hydrogen) atoms. The molecule has 4 rings (SSSR count). The number of fused-ring (bicyclic) bond motifs is 1. The van der Waals surface area contributed by atoms with E-state index in [1.54, 1.807) is 36.4 Å². The van der Waals surface area contributed by atoms with E-state index in [1.807, 2.05) is 0 Å². The molecule has 0 aliphatic carbocycles. The molecule has 0 saturated heterocycles. The first-order chi connectivity index (χ1) is 14.0. The number of imide groups is 1. The van der Waals surface area contributed by atoms with E-state index in [2.05, 4.69) is 5.32 Å². The molecule has 0 fully saturated rings. The molecule has 7 nitrogen and oxygen atoms in total. The number of nitrogens with zero attached hydrogens (tertiary/aromatic N) is 1. The minimum absolute atomic E-state index is 0.0207. The van der Waals surface area contributed by atoms with Crippen LogP contribution < -0.4 is 5.32 Å². The molecule has 1 aliphatic heterocycles. The zero-order valence-electron chi connectivity index (χ0n) is 15.5. The lowest BCUT2D eigenvalue weighted by Gasteiger charge is -2.11. The second-order valence-corrected chi connectivity index (χ2v) is 6.59. The summed E-state index contributed by atoms with van der Waals surface area (Å²) in [5, 5.41) is 2.69. The van der Waals surface area contributed by atoms with Crippen LogP contribution in [0.1, 0.15) is 54.1 Å². The average Bonchev–Trinajstić information content (AvgIpc) is 3.31. The molecule has 0 spiro atoms. The summed E-state index contributed by atoms with van der Waals surface area (Å²) in [7, 11) is 0. The van der Waals surface area contributed by atoms with Gasteiger partial charge in [0, 0.05) is 11.1 Å². The molecule has 0 saturated carbocycles. The number of carbonyl (C=O) groups is 4. The molecular weight excluding hydrogens is 372 g/mol. The van der Waals surface area contributed by atoms with Gasteiger partial charge in [-0.1, -0.05) is 12.1 Å². The second-order valence-electron chi connectivity index (χ2n) is 6.59. The molecule has 2 heterocycles. The highest BCUT2D eigenvalue weighted by Gasteiger charge is 2.36. The summed E-state index contributed by atoms with van der Waals surface area (Å²) in [6, 6.07) is 14.3. The van der Waals surface area contributed by atoms with Crippen LogP contribution in [-0.2, 0) is 6.54 Å². The SMILES string of the molecule is CC(=O)c1ccccc1NC(=O)c1ccc2c(c1)C(=O)N(Cc1ccco1)C2=O. The molecule has 2 aromatic carbocycles. The molecule has 1 aliphatic rings. The molecule has 7 heteroatoms. The van der Waals surface area contributed by atoms with Gasteiger partial charge in [0.25, 0.3) is 17.7 Å². The standard InChI is InChI=1S/C22H16N2O5/c1-13(25)16-6-2-3-7-19(16)23-20(26)14-8-9-17-18(11-14)22(28)24(21(17)27)12-15-5-4-10-29-15/h2-11H,12H2,1H3,(H,23,26). The highest BCUT2D eigenvalue weighted by atomic mass is 16.3. The molecule has 1 N–H and O–H groups in total. The summed E-state index contributed by atoms with van der Waals surface area (Å²) in [4.78, 5) is 50.7. The van der Waals surface area contributed by atoms with Crippen molar-refractivity contribution in [2.75, 3.05) is 5.32 Å². The van der Waals surface area contributed by atoms with Crippen molar-refractivity contribution in [1.29, 1.82) is 0 Å². The Labute approximate surface area is 165 Å². The number of ketones is 1. The van der Waals surface area contributed by atoms with Gasteiger partial charge in [-0.15, -0.1) is 0 Å². The monoisotopic (exact) mass is 388 g/mol. The van der Waals surface area contributed by atoms with Gasteiger partial charge in [-0.25, -0.2) is 0 Å². The van der Waals surface area contributed by atoms with Crippen molar-refractivity contribution in [3.63, 3.8) is 0 Å². The maximum absolute atomic E-state index is 12.7. The predicted octanol–water partition coefficient (Wildman–Crippen LogP) is 3.53. The maximum Gasteiger partial charge on any atom is 0.261 e. The zero-order chi connectivity index (χ0) is 20.5. The summed E-state index contributed by atoms with van der Waals surface area (Å²) in [5.41, 5.74) is 1.38. The van der Waals surface area contributed by atoms with Crippen molar-refractivity contribution in [2.45, 2.75) is 13.5 Å². The molecule has 3 amide bonds. The molecule has 1 aromatic heterocycles. The number of amides is 3. The Balaban J connectivity index is 1.59. The minimum atomic E-state index is -0.486. The van der Waals surface area contributed by atoms with Crippen molar-refractivity contribution in [2.24, 2.45) is 0 Å². The lowest BCUT2D eigenvalue weighted by atomic mass is 10.0. The smallest absolute Gasteiger partial charge is 0.261 e. The predicted molar refractivity (Wildman–Crippen MR) is 104 cm³/mol. The van der Waals surface area contributed by atoms with Crippen LogP contribution in [-0.4, -0.2) is 28.4 Å². The Morgan fingerprint density at radius 2 is 1.72 bits per heavy atom. The van der Waals surface area contributed by atoms with E-state index < -0.39 is 17.7 Å². The maximum atomic E-state index is 12.7. The van der Waals surface area contributed by atoms with Crippen LogP contribution >= 0.6 is 0 Å². The van der Waals surface area contributed by atoms with Crippen LogP contribution in [0, 0.1) is 0 Å². The molecule has 0 bridgehead atoms. The van der Waals surface area contributed by atoms with Gasteiger partial charge >= 0.3 is 0 Å². The highest BCUT2D eigenvalue weighted by Crippen LogP contribution is 2.26. The Kier molecular flexibility index (Phi) is 4.56. The van der Waals surface area contributed by atoms with Gasteiger partial charge in [-0.05, 0) is 49.4 Å². The minimum Gasteiger partial charge on any atom is -0.467 e. The normalized spacial score (nSPS) is 12.8. The van der Waals surface area contributed by atoms with Crippen molar-refractivity contribution in [3.05, 3.63) is 88.9 Å². The van der Waals surface area contributed by atoms with E-state index in [9.17, 15) is 19.2 Å². The van der Waals surface area contributed by atoms with Gasteiger partial charge in [-0.2, -0.15) is 0 Å². The van der Waals surface area contributed by atoms with Gasteiger partial charge in [0.2, 0.25) is 0 Å². The lowest BCUT2D eigenvalue weighted by molar-refractivity contribution is 0.0631. The summed E-state index contributed by atoms with van der Waals surface area (Å²) < 4.78 is 5.21. The van der Waals surface area contributed by atoms with Gasteiger partial charge in [-0.3, -0.25) is 24.1 Å². The topological polar surface area (TPSA) is 96.7 Å². The van der Waals surface area contributed by atoms with Gasteiger partial charge in [0.15, 0.2) is 5.78 Å². The number of hydrogen-bond acceptors (Lipinski definition) is 5. The molecule has 0 unspecified atom stereocenters. The van der Waals surface area contributed by atoms with Crippen LogP contribution in [0.5, 0.6) is 0 Å². The lowest BCUT2D eigenvalue weighted by Crippen LogP contribution is -2.28. The number of hydrogen-bond donors (Lipinski definition) is 1. The van der Waals surface area contributed by atoms with Crippen molar-refractivity contribution >= 4 is 29.2 Å². The van der Waals surface area contributed by atoms with E-state index in [0.717, 1.165) is 4.90 Å². The zero-order valence-corrected chi connectivity index (χ0v) is 15.5. The number of nitrogens with one attached hydrogen (secondary N) is 1. The number of benzene rings is 2.